The summed E-state index contributed by atoms with van der Waals surface area (Å²) in [5, 5.41) is 0. The molecule has 0 aromatic carbocycles. The van der Waals surface area contributed by atoms with Gasteiger partial charge in [-0.3, -0.25) is 0 Å². The van der Waals surface area contributed by atoms with E-state index in [1.807, 2.05) is 0 Å². The van der Waals surface area contributed by atoms with Crippen LogP contribution in [0.3, 0.4) is 0 Å². The first-order chi connectivity index (χ1) is 0. The summed E-state index contributed by atoms with van der Waals surface area (Å²) in [5.41, 5.74) is 0. The van der Waals surface area contributed by atoms with Crippen LogP contribution in [0, 0.1) is 0 Å². The Morgan fingerprint density at radius 1 is 0.375 bits per heavy atom. The van der Waals surface area contributed by atoms with E-state index < -0.39 is 0 Å². The molecule has 0 aliphatic heterocycles. The zero-order chi connectivity index (χ0) is 0. The molecule has 0 aliphatic rings. The maximum atomic E-state index is 0. The fourth-order valence-corrected chi connectivity index (χ4v) is 0. The van der Waals surface area contributed by atoms with Crippen molar-refractivity contribution in [3.05, 3.63) is 0 Å². The van der Waals surface area contributed by atoms with Crippen LogP contribution in [0.4, 0.5) is 0 Å². The average Bonchev–Trinajstić information content (AvgIpc) is 0. The van der Waals surface area contributed by atoms with Crippen LogP contribution < -0.4 is 0 Å². The van der Waals surface area contributed by atoms with Crippen molar-refractivity contribution in [2.45, 2.75) is 0 Å². The van der Waals surface area contributed by atoms with Gasteiger partial charge < -0.3 is 27.4 Å². The van der Waals surface area contributed by atoms with Crippen LogP contribution in [0.25, 0.3) is 0 Å². The molecule has 0 rings (SSSR count). The van der Waals surface area contributed by atoms with Gasteiger partial charge in [-0.2, -0.15) is 0 Å². The number of hydrogen-bond donors (Lipinski definition) is 0. The normalized spacial score (nSPS) is 0. The third kappa shape index (κ3) is 134. The van der Waals surface area contributed by atoms with E-state index in [1.165, 1.54) is 0 Å². The molecule has 8 heavy (non-hydrogen) atoms. The second-order valence-electron chi connectivity index (χ2n) is 0. The smallest absolute Gasteiger partial charge is 0 e. The Morgan fingerprint density at radius 2 is 0.375 bits per heavy atom. The fourth-order valence-electron chi connectivity index (χ4n) is 0. The summed E-state index contributed by atoms with van der Waals surface area (Å²) in [4.78, 5) is 0. The fraction of sp³-hybridized carbons (Fsp3) is 0. The molecule has 0 unspecified atom stereocenters. The third-order valence-electron chi connectivity index (χ3n) is 0. The van der Waals surface area contributed by atoms with Crippen molar-refractivity contribution < 1.29 is 83.2 Å². The molecule has 0 radical (unpaired) electrons. The van der Waals surface area contributed by atoms with Crippen molar-refractivity contribution in [1.29, 1.82) is 0 Å². The van der Waals surface area contributed by atoms with E-state index in [0.717, 1.165) is 0 Å². The van der Waals surface area contributed by atoms with Gasteiger partial charge in [0.15, 0.2) is 0 Å². The molecule has 0 heterocycles. The van der Waals surface area contributed by atoms with Crippen molar-refractivity contribution in [2.75, 3.05) is 0 Å². The minimum absolute atomic E-state index is 0. The molecule has 0 saturated heterocycles. The van der Waals surface area contributed by atoms with Crippen LogP contribution in [0.5, 0.6) is 0 Å². The van der Waals surface area contributed by atoms with E-state index in [2.05, 4.69) is 0 Å². The Balaban J connectivity index is 0. The molecule has 8 heteroatoms. The molecule has 0 spiro atoms. The van der Waals surface area contributed by atoms with Crippen molar-refractivity contribution in [1.82, 2.24) is 0 Å². The van der Waals surface area contributed by atoms with E-state index in [-0.39, 0.29) is 83.2 Å². The largest absolute Gasteiger partial charge is 0.412 e. The van der Waals surface area contributed by atoms with Gasteiger partial charge in [-0.1, -0.05) is 0 Å². The standard InChI is InChI=1S/2Fe.5H2O.Ti/h;;5*1H2;. The molecule has 0 saturated carbocycles. The van der Waals surface area contributed by atoms with E-state index in [0.29, 0.717) is 0 Å². The summed E-state index contributed by atoms with van der Waals surface area (Å²) >= 11 is 0. The van der Waals surface area contributed by atoms with Crippen LogP contribution >= 0.6 is 0 Å². The van der Waals surface area contributed by atoms with Crippen LogP contribution in [-0.4, -0.2) is 27.4 Å². The minimum Gasteiger partial charge on any atom is -0.412 e. The van der Waals surface area contributed by atoms with E-state index >= 15 is 0 Å². The monoisotopic (exact) mass is 250 g/mol. The number of hydrogen-bond acceptors (Lipinski definition) is 0. The molecule has 10 N–H and O–H groups in total. The predicted octanol–water partition coefficient (Wildman–Crippen LogP) is -4.13. The Labute approximate surface area is 83.0 Å². The Bertz CT molecular complexity index is 10.4. The molecule has 0 aliphatic carbocycles. The second kappa shape index (κ2) is 202. The Hall–Kier alpha value is 1.55. The van der Waals surface area contributed by atoms with E-state index in [1.54, 1.807) is 0 Å². The van der Waals surface area contributed by atoms with Gasteiger partial charge in [-0.25, -0.2) is 0 Å². The van der Waals surface area contributed by atoms with E-state index in [9.17, 15) is 0 Å². The van der Waals surface area contributed by atoms with Gasteiger partial charge in [0.05, 0.1) is 0 Å². The van der Waals surface area contributed by atoms with Gasteiger partial charge >= 0.3 is 0 Å². The Morgan fingerprint density at radius 3 is 0.375 bits per heavy atom. The maximum absolute atomic E-state index is 0. The zero-order valence-electron chi connectivity index (χ0n) is 3.71. The first-order valence-electron chi connectivity index (χ1n) is 0. The quantitative estimate of drug-likeness (QED) is 0.382. The molecule has 5 nitrogen and oxygen atoms in total. The van der Waals surface area contributed by atoms with Gasteiger partial charge in [0.25, 0.3) is 0 Å². The summed E-state index contributed by atoms with van der Waals surface area (Å²) in [5.74, 6) is 0. The molecular weight excluding hydrogens is 240 g/mol. The minimum atomic E-state index is 0. The van der Waals surface area contributed by atoms with Gasteiger partial charge in [-0.05, 0) is 0 Å². The molecular formula is H10Fe2O5Ti. The summed E-state index contributed by atoms with van der Waals surface area (Å²) in [7, 11) is 0. The molecule has 0 bridgehead atoms. The molecule has 60 valence electrons. The molecule has 0 fully saturated rings. The first kappa shape index (κ1) is 290. The van der Waals surface area contributed by atoms with Crippen LogP contribution in [0.1, 0.15) is 0 Å². The van der Waals surface area contributed by atoms with Crippen molar-refractivity contribution >= 4 is 0 Å². The van der Waals surface area contributed by atoms with Crippen LogP contribution in [0.2, 0.25) is 0 Å². The SMILES string of the molecule is O.O.O.O.O.[Fe].[Fe].[Ti]. The van der Waals surface area contributed by atoms with Gasteiger partial charge in [0.1, 0.15) is 0 Å². The van der Waals surface area contributed by atoms with Gasteiger partial charge in [-0.15, -0.1) is 0 Å². The Kier molecular flexibility index (Phi) is 7320. The van der Waals surface area contributed by atoms with Crippen molar-refractivity contribution in [3.8, 4) is 0 Å². The van der Waals surface area contributed by atoms with E-state index in [4.69, 9.17) is 0 Å². The molecule has 0 atom stereocenters. The molecule has 0 amide bonds. The van der Waals surface area contributed by atoms with Crippen LogP contribution in [-0.2, 0) is 55.9 Å². The van der Waals surface area contributed by atoms with Gasteiger partial charge in [0, 0.05) is 55.9 Å². The van der Waals surface area contributed by atoms with Crippen LogP contribution in [0.15, 0.2) is 0 Å². The summed E-state index contributed by atoms with van der Waals surface area (Å²) in [6, 6.07) is 0. The van der Waals surface area contributed by atoms with Gasteiger partial charge in [0.2, 0.25) is 0 Å². The summed E-state index contributed by atoms with van der Waals surface area (Å²) in [6.07, 6.45) is 0. The maximum Gasteiger partial charge on any atom is 0 e. The van der Waals surface area contributed by atoms with Crippen molar-refractivity contribution in [2.24, 2.45) is 0 Å². The third-order valence-corrected chi connectivity index (χ3v) is 0. The molecule has 0 aromatic heterocycles. The average molecular weight is 250 g/mol. The first-order valence-corrected chi connectivity index (χ1v) is 0. The second-order valence-corrected chi connectivity index (χ2v) is 0. The summed E-state index contributed by atoms with van der Waals surface area (Å²) < 4.78 is 0. The summed E-state index contributed by atoms with van der Waals surface area (Å²) in [6.45, 7) is 0. The topological polar surface area (TPSA) is 158 Å². The molecule has 0 aromatic rings. The predicted molar refractivity (Wildman–Crippen MR) is 18.1 cm³/mol. The number of rotatable bonds is 0. The zero-order valence-corrected chi connectivity index (χ0v) is 7.48. The van der Waals surface area contributed by atoms with Crippen molar-refractivity contribution in [3.63, 3.8) is 0 Å².